The van der Waals surface area contributed by atoms with Gasteiger partial charge in [-0.1, -0.05) is 6.92 Å². The van der Waals surface area contributed by atoms with Crippen molar-refractivity contribution < 1.29 is 4.74 Å². The zero-order chi connectivity index (χ0) is 13.9. The number of piperidine rings is 1. The van der Waals surface area contributed by atoms with Crippen molar-refractivity contribution in [3.8, 4) is 5.75 Å². The third-order valence-electron chi connectivity index (χ3n) is 4.60. The molecule has 0 aromatic carbocycles. The lowest BCUT2D eigenvalue weighted by Crippen LogP contribution is -2.48. The molecule has 2 fully saturated rings. The number of methoxy groups -OCH3 is 1. The minimum absolute atomic E-state index is 0.634. The van der Waals surface area contributed by atoms with Gasteiger partial charge in [0, 0.05) is 24.7 Å². The number of anilines is 1. The van der Waals surface area contributed by atoms with E-state index in [1.54, 1.807) is 7.11 Å². The first-order valence-electron chi connectivity index (χ1n) is 7.83. The highest BCUT2D eigenvalue weighted by Gasteiger charge is 2.36. The van der Waals surface area contributed by atoms with Crippen LogP contribution in [-0.4, -0.2) is 36.8 Å². The zero-order valence-corrected chi connectivity index (χ0v) is 12.5. The van der Waals surface area contributed by atoms with E-state index < -0.39 is 0 Å². The van der Waals surface area contributed by atoms with Crippen molar-refractivity contribution in [3.63, 3.8) is 0 Å². The lowest BCUT2D eigenvalue weighted by Gasteiger charge is -2.38. The molecule has 2 unspecified atom stereocenters. The van der Waals surface area contributed by atoms with Crippen molar-refractivity contribution in [2.24, 2.45) is 0 Å². The zero-order valence-electron chi connectivity index (χ0n) is 12.5. The van der Waals surface area contributed by atoms with Gasteiger partial charge in [0.25, 0.3) is 0 Å². The molecule has 3 heterocycles. The van der Waals surface area contributed by atoms with Crippen molar-refractivity contribution in [2.45, 2.75) is 57.2 Å². The maximum Gasteiger partial charge on any atom is 0.137 e. The van der Waals surface area contributed by atoms with E-state index in [0.29, 0.717) is 6.04 Å². The van der Waals surface area contributed by atoms with Crippen LogP contribution in [0.1, 0.15) is 39.0 Å². The van der Waals surface area contributed by atoms with Crippen molar-refractivity contribution in [3.05, 3.63) is 18.3 Å². The molecule has 2 bridgehead atoms. The summed E-state index contributed by atoms with van der Waals surface area (Å²) in [5.74, 6) is 1.93. The molecule has 4 heteroatoms. The predicted molar refractivity (Wildman–Crippen MR) is 81.4 cm³/mol. The van der Waals surface area contributed by atoms with Crippen LogP contribution in [0.25, 0.3) is 0 Å². The molecule has 1 aromatic heterocycles. The van der Waals surface area contributed by atoms with Crippen LogP contribution in [0.15, 0.2) is 18.3 Å². The van der Waals surface area contributed by atoms with Crippen LogP contribution < -0.4 is 15.0 Å². The fraction of sp³-hybridized carbons (Fsp3) is 0.688. The van der Waals surface area contributed by atoms with Crippen LogP contribution in [0.2, 0.25) is 0 Å². The molecule has 0 radical (unpaired) electrons. The quantitative estimate of drug-likeness (QED) is 0.896. The van der Waals surface area contributed by atoms with Gasteiger partial charge in [-0.3, -0.25) is 0 Å². The van der Waals surface area contributed by atoms with Gasteiger partial charge in [0.2, 0.25) is 0 Å². The molecule has 110 valence electrons. The molecule has 2 aliphatic heterocycles. The fourth-order valence-corrected chi connectivity index (χ4v) is 3.67. The van der Waals surface area contributed by atoms with Crippen LogP contribution in [0.4, 0.5) is 5.82 Å². The van der Waals surface area contributed by atoms with Crippen molar-refractivity contribution in [1.82, 2.24) is 10.3 Å². The summed E-state index contributed by atoms with van der Waals surface area (Å²) < 4.78 is 5.21. The topological polar surface area (TPSA) is 37.4 Å². The lowest BCUT2D eigenvalue weighted by molar-refractivity contribution is 0.345. The Kier molecular flexibility index (Phi) is 4.10. The van der Waals surface area contributed by atoms with Crippen LogP contribution in [0.5, 0.6) is 5.75 Å². The number of hydrogen-bond donors (Lipinski definition) is 1. The summed E-state index contributed by atoms with van der Waals surface area (Å²) >= 11 is 0. The Labute approximate surface area is 121 Å². The van der Waals surface area contributed by atoms with Gasteiger partial charge in [-0.2, -0.15) is 0 Å². The van der Waals surface area contributed by atoms with E-state index in [0.717, 1.165) is 36.6 Å². The van der Waals surface area contributed by atoms with Crippen molar-refractivity contribution in [2.75, 3.05) is 18.6 Å². The first-order valence-corrected chi connectivity index (χ1v) is 7.83. The summed E-state index contributed by atoms with van der Waals surface area (Å²) in [6.07, 6.45) is 8.18. The van der Waals surface area contributed by atoms with E-state index in [9.17, 15) is 0 Å². The second-order valence-electron chi connectivity index (χ2n) is 6.01. The van der Waals surface area contributed by atoms with E-state index in [1.807, 2.05) is 12.3 Å². The van der Waals surface area contributed by atoms with Gasteiger partial charge in [0.1, 0.15) is 11.6 Å². The predicted octanol–water partition coefficient (Wildman–Crippen LogP) is 2.59. The monoisotopic (exact) mass is 275 g/mol. The summed E-state index contributed by atoms with van der Waals surface area (Å²) in [5.41, 5.74) is 0. The minimum Gasteiger partial charge on any atom is -0.495 e. The average molecular weight is 275 g/mol. The van der Waals surface area contributed by atoms with E-state index in [-0.39, 0.29) is 0 Å². The SMILES string of the molecule is CCCN(c1ccc(OC)cn1)C1CC2CCC(C1)N2. The molecule has 2 atom stereocenters. The molecule has 2 saturated heterocycles. The normalized spacial score (nSPS) is 28.4. The molecule has 0 saturated carbocycles. The highest BCUT2D eigenvalue weighted by atomic mass is 16.5. The fourth-order valence-electron chi connectivity index (χ4n) is 3.67. The third-order valence-corrected chi connectivity index (χ3v) is 4.60. The van der Waals surface area contributed by atoms with Gasteiger partial charge in [-0.15, -0.1) is 0 Å². The molecule has 1 N–H and O–H groups in total. The molecule has 2 aliphatic rings. The highest BCUT2D eigenvalue weighted by Crippen LogP contribution is 2.32. The van der Waals surface area contributed by atoms with Gasteiger partial charge in [0.05, 0.1) is 13.3 Å². The summed E-state index contributed by atoms with van der Waals surface area (Å²) in [7, 11) is 1.69. The van der Waals surface area contributed by atoms with Crippen LogP contribution in [-0.2, 0) is 0 Å². The molecular weight excluding hydrogens is 250 g/mol. The maximum absolute atomic E-state index is 5.21. The number of rotatable bonds is 5. The smallest absolute Gasteiger partial charge is 0.137 e. The van der Waals surface area contributed by atoms with Gasteiger partial charge in [-0.25, -0.2) is 4.98 Å². The molecule has 1 aromatic rings. The Balaban J connectivity index is 1.77. The molecule has 0 aliphatic carbocycles. The van der Waals surface area contributed by atoms with Crippen molar-refractivity contribution in [1.29, 1.82) is 0 Å². The van der Waals surface area contributed by atoms with Crippen LogP contribution in [0.3, 0.4) is 0 Å². The average Bonchev–Trinajstić information content (AvgIpc) is 2.83. The van der Waals surface area contributed by atoms with Crippen LogP contribution >= 0.6 is 0 Å². The van der Waals surface area contributed by atoms with Gasteiger partial charge in [-0.05, 0) is 44.2 Å². The lowest BCUT2D eigenvalue weighted by atomic mass is 9.98. The standard InChI is InChI=1S/C16H25N3O/c1-3-8-19(16-7-6-15(20-2)11-17-16)14-9-12-4-5-13(10-14)18-12/h6-7,11-14,18H,3-5,8-10H2,1-2H3. The second kappa shape index (κ2) is 6.00. The maximum atomic E-state index is 5.21. The Morgan fingerprint density at radius 2 is 2.05 bits per heavy atom. The molecule has 4 nitrogen and oxygen atoms in total. The Morgan fingerprint density at radius 3 is 2.60 bits per heavy atom. The Bertz CT molecular complexity index is 422. The minimum atomic E-state index is 0.634. The van der Waals surface area contributed by atoms with E-state index in [1.165, 1.54) is 25.7 Å². The third kappa shape index (κ3) is 2.75. The molecule has 3 rings (SSSR count). The van der Waals surface area contributed by atoms with E-state index >= 15 is 0 Å². The number of hydrogen-bond acceptors (Lipinski definition) is 4. The summed E-state index contributed by atoms with van der Waals surface area (Å²) in [5, 5.41) is 3.72. The molecular formula is C16H25N3O. The first kappa shape index (κ1) is 13.7. The number of nitrogens with one attached hydrogen (secondary N) is 1. The van der Waals surface area contributed by atoms with E-state index in [2.05, 4.69) is 28.2 Å². The highest BCUT2D eigenvalue weighted by molar-refractivity contribution is 5.42. The number of nitrogens with zero attached hydrogens (tertiary/aromatic N) is 2. The largest absolute Gasteiger partial charge is 0.495 e. The summed E-state index contributed by atoms with van der Waals surface area (Å²) in [6.45, 7) is 3.33. The summed E-state index contributed by atoms with van der Waals surface area (Å²) in [6, 6.07) is 6.18. The number of fused-ring (bicyclic) bond motifs is 2. The number of aromatic nitrogens is 1. The molecule has 20 heavy (non-hydrogen) atoms. The Morgan fingerprint density at radius 1 is 1.30 bits per heavy atom. The number of ether oxygens (including phenoxy) is 1. The van der Waals surface area contributed by atoms with E-state index in [4.69, 9.17) is 4.74 Å². The van der Waals surface area contributed by atoms with Gasteiger partial charge in [0.15, 0.2) is 0 Å². The molecule has 0 amide bonds. The first-order chi connectivity index (χ1) is 9.80. The van der Waals surface area contributed by atoms with Crippen molar-refractivity contribution >= 4 is 5.82 Å². The summed E-state index contributed by atoms with van der Waals surface area (Å²) in [4.78, 5) is 7.10. The Hall–Kier alpha value is -1.29. The second-order valence-corrected chi connectivity index (χ2v) is 6.01. The van der Waals surface area contributed by atoms with Crippen LogP contribution in [0, 0.1) is 0 Å². The molecule has 0 spiro atoms. The van der Waals surface area contributed by atoms with Gasteiger partial charge >= 0.3 is 0 Å². The number of pyridine rings is 1. The van der Waals surface area contributed by atoms with Gasteiger partial charge < -0.3 is 15.0 Å².